The Hall–Kier alpha value is -2.67. The van der Waals surface area contributed by atoms with Gasteiger partial charge in [-0.05, 0) is 41.5 Å². The van der Waals surface area contributed by atoms with E-state index >= 15 is 0 Å². The average molecular weight is 402 g/mol. The average Bonchev–Trinajstić information content (AvgIpc) is 2.83. The zero-order valence-electron chi connectivity index (χ0n) is 15.6. The second-order valence-corrected chi connectivity index (χ2v) is 5.97. The number of hydrogen-bond donors (Lipinski definition) is 1. The summed E-state index contributed by atoms with van der Waals surface area (Å²) in [6.07, 6.45) is 0. The van der Waals surface area contributed by atoms with Crippen LogP contribution >= 0.6 is 0 Å². The normalized spacial score (nSPS) is 13.6. The molecule has 6 nitrogen and oxygen atoms in total. The van der Waals surface area contributed by atoms with Crippen LogP contribution < -0.4 is 0 Å². The fraction of sp³-hybridized carbons (Fsp3) is 0.150. The van der Waals surface area contributed by atoms with E-state index < -0.39 is 4.92 Å². The van der Waals surface area contributed by atoms with Gasteiger partial charge in [0.25, 0.3) is 0 Å². The summed E-state index contributed by atoms with van der Waals surface area (Å²) in [5.41, 5.74) is 4.32. The van der Waals surface area contributed by atoms with Crippen molar-refractivity contribution in [1.82, 2.24) is 5.06 Å². The molecule has 1 aliphatic heterocycles. The molecule has 0 amide bonds. The Labute approximate surface area is 170 Å². The summed E-state index contributed by atoms with van der Waals surface area (Å²) in [5, 5.41) is 22.8. The Bertz CT molecular complexity index is 968. The molecule has 0 aliphatic carbocycles. The number of benzene rings is 2. The molecule has 0 saturated carbocycles. The van der Waals surface area contributed by atoms with E-state index in [-0.39, 0.29) is 24.3 Å². The van der Waals surface area contributed by atoms with Crippen LogP contribution in [-0.4, -0.2) is 28.1 Å². The Morgan fingerprint density at radius 1 is 1.26 bits per heavy atom. The van der Waals surface area contributed by atoms with Crippen molar-refractivity contribution < 1.29 is 28.7 Å². The number of hydrogen-bond acceptors (Lipinski definition) is 4. The van der Waals surface area contributed by atoms with Gasteiger partial charge >= 0.3 is 0 Å². The Morgan fingerprint density at radius 2 is 1.81 bits per heavy atom. The maximum absolute atomic E-state index is 10.2. The molecule has 1 radical (unpaired) electrons. The quantitative estimate of drug-likeness (QED) is 0.582. The minimum Gasteiger partial charge on any atom is -0.282 e. The molecule has 0 fully saturated rings. The molecule has 0 bridgehead atoms. The monoisotopic (exact) mass is 402 g/mol. The number of amidine groups is 1. The third-order valence-corrected chi connectivity index (χ3v) is 3.99. The molecule has 0 atom stereocenters. The van der Waals surface area contributed by atoms with Crippen molar-refractivity contribution in [2.24, 2.45) is 4.99 Å². The topological polar surface area (TPSA) is 79.0 Å². The van der Waals surface area contributed by atoms with Crippen LogP contribution in [0.1, 0.15) is 30.5 Å². The second-order valence-electron chi connectivity index (χ2n) is 5.97. The van der Waals surface area contributed by atoms with Gasteiger partial charge in [-0.25, -0.2) is 5.06 Å². The van der Waals surface area contributed by atoms with Gasteiger partial charge < -0.3 is 0 Å². The van der Waals surface area contributed by atoms with Crippen LogP contribution in [-0.2, 0) is 18.6 Å². The van der Waals surface area contributed by atoms with Crippen molar-refractivity contribution >= 4 is 27.9 Å². The van der Waals surface area contributed by atoms with Crippen molar-refractivity contribution in [1.29, 1.82) is 0 Å². The molecule has 0 saturated heterocycles. The molecule has 27 heavy (non-hydrogen) atoms. The van der Waals surface area contributed by atoms with Crippen molar-refractivity contribution in [3.8, 4) is 0 Å². The fourth-order valence-electron chi connectivity index (χ4n) is 2.81. The molecule has 1 aliphatic rings. The van der Waals surface area contributed by atoms with E-state index in [0.717, 1.165) is 38.1 Å². The standard InChI is InChI=1S/C17H16N2O.C3H5NO2.V/c1-10(2)15-13-8-6-5-7-12(13)9-14-11(3)19(20)17(18-4)16(14)15;1-3(2)4(5)6;/h5-9,20H,1,3H2,2,4H3;1H2,2H3;. The van der Waals surface area contributed by atoms with Crippen LogP contribution in [0.4, 0.5) is 0 Å². The zero-order valence-corrected chi connectivity index (χ0v) is 17.0. The summed E-state index contributed by atoms with van der Waals surface area (Å²) in [6, 6.07) is 10.2. The summed E-state index contributed by atoms with van der Waals surface area (Å²) in [6.45, 7) is 14.4. The van der Waals surface area contributed by atoms with E-state index in [0.29, 0.717) is 11.5 Å². The summed E-state index contributed by atoms with van der Waals surface area (Å²) >= 11 is 0. The van der Waals surface area contributed by atoms with Gasteiger partial charge in [-0.3, -0.25) is 20.3 Å². The maximum Gasteiger partial charge on any atom is 0.236 e. The largest absolute Gasteiger partial charge is 0.282 e. The smallest absolute Gasteiger partial charge is 0.236 e. The van der Waals surface area contributed by atoms with Crippen molar-refractivity contribution in [2.75, 3.05) is 7.05 Å². The second kappa shape index (κ2) is 8.82. The first kappa shape index (κ1) is 22.4. The summed E-state index contributed by atoms with van der Waals surface area (Å²) in [7, 11) is 1.67. The molecule has 1 N–H and O–H groups in total. The zero-order chi connectivity index (χ0) is 19.6. The van der Waals surface area contributed by atoms with Gasteiger partial charge in [0, 0.05) is 43.7 Å². The SMILES string of the molecule is C=C(C)[N+](=O)[O-].C=C(C)c1c2c(cc3ccccc13)C(=C)N(O)C2=NC.[V]. The predicted molar refractivity (Wildman–Crippen MR) is 106 cm³/mol. The minimum absolute atomic E-state index is 0. The molecule has 0 aromatic heterocycles. The van der Waals surface area contributed by atoms with Gasteiger partial charge in [-0.15, -0.1) is 0 Å². The van der Waals surface area contributed by atoms with E-state index in [4.69, 9.17) is 0 Å². The van der Waals surface area contributed by atoms with Gasteiger partial charge in [0.1, 0.15) is 0 Å². The molecule has 2 aromatic carbocycles. The number of nitrogens with zero attached hydrogens (tertiary/aromatic N) is 3. The van der Waals surface area contributed by atoms with Gasteiger partial charge in [0.2, 0.25) is 5.70 Å². The Kier molecular flexibility index (Phi) is 7.31. The van der Waals surface area contributed by atoms with Gasteiger partial charge in [-0.2, -0.15) is 0 Å². The van der Waals surface area contributed by atoms with Crippen molar-refractivity contribution in [2.45, 2.75) is 13.8 Å². The van der Waals surface area contributed by atoms with Crippen molar-refractivity contribution in [3.63, 3.8) is 0 Å². The molecule has 1 heterocycles. The molecule has 3 rings (SSSR count). The van der Waals surface area contributed by atoms with Crippen LogP contribution in [0.5, 0.6) is 0 Å². The van der Waals surface area contributed by atoms with Gasteiger partial charge in [0.05, 0.1) is 10.6 Å². The molecule has 139 valence electrons. The van der Waals surface area contributed by atoms with Crippen LogP contribution in [0.15, 0.2) is 60.8 Å². The number of hydroxylamine groups is 2. The molecule has 0 spiro atoms. The maximum atomic E-state index is 10.2. The molecule has 2 aromatic rings. The Morgan fingerprint density at radius 3 is 2.30 bits per heavy atom. The fourth-order valence-corrected chi connectivity index (χ4v) is 2.81. The van der Waals surface area contributed by atoms with E-state index in [1.54, 1.807) is 7.05 Å². The van der Waals surface area contributed by atoms with Gasteiger partial charge in [-0.1, -0.05) is 37.4 Å². The van der Waals surface area contributed by atoms with E-state index in [9.17, 15) is 15.3 Å². The van der Waals surface area contributed by atoms with Crippen LogP contribution in [0.25, 0.3) is 22.0 Å². The minimum atomic E-state index is -0.528. The Balaban J connectivity index is 0.000000456. The summed E-state index contributed by atoms with van der Waals surface area (Å²) in [4.78, 5) is 13.1. The van der Waals surface area contributed by atoms with Crippen LogP contribution in [0, 0.1) is 10.1 Å². The van der Waals surface area contributed by atoms with Crippen LogP contribution in [0.3, 0.4) is 0 Å². The first-order valence-corrected chi connectivity index (χ1v) is 7.87. The number of allylic oxidation sites excluding steroid dienone is 2. The summed E-state index contributed by atoms with van der Waals surface area (Å²) in [5.74, 6) is 0.522. The van der Waals surface area contributed by atoms with E-state index in [2.05, 4.69) is 36.9 Å². The first-order chi connectivity index (χ1) is 12.2. The number of nitro groups is 1. The molecular formula is C20H21N3O3V. The molecular weight excluding hydrogens is 381 g/mol. The molecule has 7 heteroatoms. The third-order valence-electron chi connectivity index (χ3n) is 3.99. The summed E-state index contributed by atoms with van der Waals surface area (Å²) < 4.78 is 0. The number of fused-ring (bicyclic) bond motifs is 2. The number of rotatable bonds is 2. The third kappa shape index (κ3) is 4.19. The van der Waals surface area contributed by atoms with E-state index in [1.807, 2.05) is 25.1 Å². The predicted octanol–water partition coefficient (Wildman–Crippen LogP) is 4.72. The molecule has 0 unspecified atom stereocenters. The van der Waals surface area contributed by atoms with E-state index in [1.165, 1.54) is 6.92 Å². The van der Waals surface area contributed by atoms with Crippen molar-refractivity contribution in [3.05, 3.63) is 82.6 Å². The van der Waals surface area contributed by atoms with Crippen LogP contribution in [0.2, 0.25) is 0 Å². The van der Waals surface area contributed by atoms with Gasteiger partial charge in [0.15, 0.2) is 5.84 Å². The first-order valence-electron chi connectivity index (χ1n) is 7.87. The number of aliphatic imine (C=N–C) groups is 1.